The summed E-state index contributed by atoms with van der Waals surface area (Å²) < 4.78 is 7.77. The first-order valence-corrected chi connectivity index (χ1v) is 14.5. The molecule has 0 atom stereocenters. The first-order chi connectivity index (χ1) is 18.6. The molecule has 1 aliphatic rings. The lowest BCUT2D eigenvalue weighted by Gasteiger charge is -2.13. The number of carbonyl (C=O) groups excluding carboxylic acids is 2. The molecule has 0 fully saturated rings. The topological polar surface area (TPSA) is 98.1 Å². The highest BCUT2D eigenvalue weighted by atomic mass is 32.2. The van der Waals surface area contributed by atoms with Gasteiger partial charge in [0, 0.05) is 17.1 Å². The van der Waals surface area contributed by atoms with E-state index in [-0.39, 0.29) is 24.2 Å². The number of aryl methyl sites for hydroxylation is 1. The van der Waals surface area contributed by atoms with Crippen LogP contribution in [0.15, 0.2) is 65.8 Å². The molecule has 1 aliphatic carbocycles. The molecular formula is C28H29N5O3S2. The standard InChI is InChI=1S/C28H29N5O3S2/c1-2-33-23(17-36-20-13-7-4-8-14-20)31-32-28(33)37-18-24(34)30-27-25(21-15-9-10-16-22(21)38-27)26(35)29-19-11-5-3-6-12-19/h3-8,11-14H,2,9-10,15-18H2,1H3,(H,29,35)(H,30,34). The monoisotopic (exact) mass is 547 g/mol. The lowest BCUT2D eigenvalue weighted by molar-refractivity contribution is -0.113. The van der Waals surface area contributed by atoms with Crippen molar-refractivity contribution in [3.8, 4) is 5.75 Å². The first-order valence-electron chi connectivity index (χ1n) is 12.7. The molecule has 2 aromatic heterocycles. The van der Waals surface area contributed by atoms with Gasteiger partial charge in [0.05, 0.1) is 11.3 Å². The number of fused-ring (bicyclic) bond motifs is 1. The minimum absolute atomic E-state index is 0.153. The Bertz CT molecular complexity index is 1400. The zero-order valence-corrected chi connectivity index (χ0v) is 22.7. The molecule has 2 amide bonds. The highest BCUT2D eigenvalue weighted by molar-refractivity contribution is 7.99. The number of nitrogens with zero attached hydrogens (tertiary/aromatic N) is 3. The van der Waals surface area contributed by atoms with E-state index in [2.05, 4.69) is 20.8 Å². The number of hydrogen-bond acceptors (Lipinski definition) is 7. The molecule has 0 spiro atoms. The van der Waals surface area contributed by atoms with Crippen LogP contribution in [0.1, 0.15) is 46.4 Å². The number of amides is 2. The van der Waals surface area contributed by atoms with Gasteiger partial charge >= 0.3 is 0 Å². The maximum atomic E-state index is 13.3. The fraction of sp³-hybridized carbons (Fsp3) is 0.286. The van der Waals surface area contributed by atoms with Gasteiger partial charge in [-0.1, -0.05) is 48.2 Å². The number of rotatable bonds is 10. The Morgan fingerprint density at radius 3 is 2.50 bits per heavy atom. The van der Waals surface area contributed by atoms with Crippen molar-refractivity contribution in [2.24, 2.45) is 0 Å². The van der Waals surface area contributed by atoms with Gasteiger partial charge in [0.2, 0.25) is 5.91 Å². The summed E-state index contributed by atoms with van der Waals surface area (Å²) in [6.45, 7) is 2.96. The van der Waals surface area contributed by atoms with E-state index >= 15 is 0 Å². The largest absolute Gasteiger partial charge is 0.486 e. The van der Waals surface area contributed by atoms with Crippen molar-refractivity contribution in [3.63, 3.8) is 0 Å². The minimum Gasteiger partial charge on any atom is -0.486 e. The number of para-hydroxylation sites is 2. The van der Waals surface area contributed by atoms with Gasteiger partial charge in [-0.15, -0.1) is 21.5 Å². The molecule has 0 bridgehead atoms. The van der Waals surface area contributed by atoms with E-state index in [1.807, 2.05) is 72.2 Å². The Labute approximate surface area is 229 Å². The van der Waals surface area contributed by atoms with Crippen molar-refractivity contribution < 1.29 is 14.3 Å². The number of anilines is 2. The molecule has 8 nitrogen and oxygen atoms in total. The molecule has 2 heterocycles. The molecule has 196 valence electrons. The highest BCUT2D eigenvalue weighted by Crippen LogP contribution is 2.38. The van der Waals surface area contributed by atoms with Crippen molar-refractivity contribution in [1.29, 1.82) is 0 Å². The second kappa shape index (κ2) is 12.3. The van der Waals surface area contributed by atoms with Gasteiger partial charge in [-0.05, 0) is 62.4 Å². The van der Waals surface area contributed by atoms with Crippen LogP contribution in [0.5, 0.6) is 5.75 Å². The van der Waals surface area contributed by atoms with Gasteiger partial charge in [-0.3, -0.25) is 9.59 Å². The SMILES string of the molecule is CCn1c(COc2ccccc2)nnc1SCC(=O)Nc1sc2c(c1C(=O)Nc1ccccc1)CCCC2. The summed E-state index contributed by atoms with van der Waals surface area (Å²) in [5, 5.41) is 15.8. The Morgan fingerprint density at radius 2 is 1.74 bits per heavy atom. The molecule has 4 aromatic rings. The van der Waals surface area contributed by atoms with Gasteiger partial charge in [-0.25, -0.2) is 0 Å². The molecule has 0 radical (unpaired) electrons. The van der Waals surface area contributed by atoms with Gasteiger partial charge in [0.15, 0.2) is 11.0 Å². The number of hydrogen-bond donors (Lipinski definition) is 2. The second-order valence-corrected chi connectivity index (χ2v) is 10.9. The van der Waals surface area contributed by atoms with Crippen molar-refractivity contribution in [2.75, 3.05) is 16.4 Å². The van der Waals surface area contributed by atoms with E-state index in [0.29, 0.717) is 28.1 Å². The molecule has 0 aliphatic heterocycles. The van der Waals surface area contributed by atoms with Crippen LogP contribution < -0.4 is 15.4 Å². The summed E-state index contributed by atoms with van der Waals surface area (Å²) >= 11 is 2.83. The Balaban J connectivity index is 1.25. The third kappa shape index (κ3) is 6.08. The third-order valence-corrected chi connectivity index (χ3v) is 8.41. The quantitative estimate of drug-likeness (QED) is 0.244. The molecule has 0 saturated heterocycles. The zero-order valence-electron chi connectivity index (χ0n) is 21.1. The van der Waals surface area contributed by atoms with Crippen LogP contribution in [-0.4, -0.2) is 32.3 Å². The molecular weight excluding hydrogens is 518 g/mol. The first kappa shape index (κ1) is 26.0. The maximum absolute atomic E-state index is 13.3. The summed E-state index contributed by atoms with van der Waals surface area (Å²) in [4.78, 5) is 27.5. The van der Waals surface area contributed by atoms with Gasteiger partial charge < -0.3 is 19.9 Å². The summed E-state index contributed by atoms with van der Waals surface area (Å²) in [7, 11) is 0. The lowest BCUT2D eigenvalue weighted by atomic mass is 9.95. The van der Waals surface area contributed by atoms with E-state index in [1.54, 1.807) is 0 Å². The second-order valence-electron chi connectivity index (χ2n) is 8.82. The van der Waals surface area contributed by atoms with E-state index in [1.165, 1.54) is 28.0 Å². The molecule has 2 aromatic carbocycles. The van der Waals surface area contributed by atoms with Crippen LogP contribution in [-0.2, 0) is 30.8 Å². The average Bonchev–Trinajstić information content (AvgIpc) is 3.52. The van der Waals surface area contributed by atoms with Crippen molar-refractivity contribution >= 4 is 45.6 Å². The van der Waals surface area contributed by atoms with E-state index in [9.17, 15) is 9.59 Å². The van der Waals surface area contributed by atoms with E-state index < -0.39 is 0 Å². The normalized spacial score (nSPS) is 12.6. The van der Waals surface area contributed by atoms with Gasteiger partial charge in [-0.2, -0.15) is 0 Å². The van der Waals surface area contributed by atoms with E-state index in [0.717, 1.165) is 42.7 Å². The van der Waals surface area contributed by atoms with Crippen molar-refractivity contribution in [3.05, 3.63) is 82.5 Å². The number of benzene rings is 2. The number of thiophene rings is 1. The zero-order chi connectivity index (χ0) is 26.3. The lowest BCUT2D eigenvalue weighted by Crippen LogP contribution is -2.19. The van der Waals surface area contributed by atoms with Gasteiger partial charge in [0.25, 0.3) is 5.91 Å². The van der Waals surface area contributed by atoms with E-state index in [4.69, 9.17) is 4.74 Å². The summed E-state index contributed by atoms with van der Waals surface area (Å²) in [6, 6.07) is 18.9. The summed E-state index contributed by atoms with van der Waals surface area (Å²) in [5.41, 5.74) is 2.38. The molecule has 0 unspecified atom stereocenters. The summed E-state index contributed by atoms with van der Waals surface area (Å²) in [6.07, 6.45) is 3.92. The molecule has 38 heavy (non-hydrogen) atoms. The number of aromatic nitrogens is 3. The predicted octanol–water partition coefficient (Wildman–Crippen LogP) is 5.80. The fourth-order valence-electron chi connectivity index (χ4n) is 4.42. The van der Waals surface area contributed by atoms with Crippen molar-refractivity contribution in [2.45, 2.75) is 50.9 Å². The van der Waals surface area contributed by atoms with Crippen molar-refractivity contribution in [1.82, 2.24) is 14.8 Å². The number of thioether (sulfide) groups is 1. The third-order valence-electron chi connectivity index (χ3n) is 6.24. The predicted molar refractivity (Wildman–Crippen MR) is 151 cm³/mol. The maximum Gasteiger partial charge on any atom is 0.258 e. The number of carbonyl (C=O) groups is 2. The average molecular weight is 548 g/mol. The van der Waals surface area contributed by atoms with Crippen LogP contribution in [0.2, 0.25) is 0 Å². The van der Waals surface area contributed by atoms with Crippen LogP contribution in [0.3, 0.4) is 0 Å². The number of ether oxygens (including phenoxy) is 1. The molecule has 5 rings (SSSR count). The molecule has 10 heteroatoms. The smallest absolute Gasteiger partial charge is 0.258 e. The summed E-state index contributed by atoms with van der Waals surface area (Å²) in [5.74, 6) is 1.24. The Morgan fingerprint density at radius 1 is 1.00 bits per heavy atom. The molecule has 2 N–H and O–H groups in total. The van der Waals surface area contributed by atoms with Crippen LogP contribution in [0.4, 0.5) is 10.7 Å². The fourth-order valence-corrected chi connectivity index (χ4v) is 6.54. The minimum atomic E-state index is -0.188. The Hall–Kier alpha value is -3.63. The highest BCUT2D eigenvalue weighted by Gasteiger charge is 2.26. The van der Waals surface area contributed by atoms with Crippen LogP contribution >= 0.6 is 23.1 Å². The van der Waals surface area contributed by atoms with Crippen LogP contribution in [0, 0.1) is 0 Å². The molecule has 0 saturated carbocycles. The van der Waals surface area contributed by atoms with Crippen LogP contribution in [0.25, 0.3) is 0 Å². The Kier molecular flexibility index (Phi) is 8.40. The van der Waals surface area contributed by atoms with Gasteiger partial charge in [0.1, 0.15) is 17.4 Å². The number of nitrogens with one attached hydrogen (secondary N) is 2.